The topological polar surface area (TPSA) is 0 Å². The van der Waals surface area contributed by atoms with Gasteiger partial charge in [-0.25, -0.2) is 0 Å². The Morgan fingerprint density at radius 1 is 1.11 bits per heavy atom. The van der Waals surface area contributed by atoms with Crippen LogP contribution in [0, 0.1) is 12.1 Å². The molecule has 52 valence electrons. The van der Waals surface area contributed by atoms with Crippen LogP contribution in [-0.4, -0.2) is 11.3 Å². The van der Waals surface area contributed by atoms with Crippen molar-refractivity contribution in [1.29, 1.82) is 0 Å². The minimum Gasteiger partial charge on any atom is -0.115 e. The summed E-state index contributed by atoms with van der Waals surface area (Å²) in [6.07, 6.45) is 5.35. The van der Waals surface area contributed by atoms with Gasteiger partial charge in [-0.15, -0.1) is 6.42 Å². The third kappa shape index (κ3) is 2.87. The largest absolute Gasteiger partial charge is 0.115 e. The highest BCUT2D eigenvalue weighted by Gasteiger charge is 2.12. The van der Waals surface area contributed by atoms with E-state index in [-0.39, 0.29) is 7.92 Å². The standard InChI is InChI=1S/C8H15P/c1-6-9(7(2)3)8(4)5/h1,7-8H,2-5H3. The van der Waals surface area contributed by atoms with Crippen molar-refractivity contribution in [3.8, 4) is 12.1 Å². The van der Waals surface area contributed by atoms with E-state index < -0.39 is 0 Å². The molecule has 0 fully saturated rings. The summed E-state index contributed by atoms with van der Waals surface area (Å²) in [5.74, 6) is 0. The monoisotopic (exact) mass is 142 g/mol. The zero-order chi connectivity index (χ0) is 7.44. The lowest BCUT2D eigenvalue weighted by Gasteiger charge is -2.18. The molecule has 0 amide bonds. The summed E-state index contributed by atoms with van der Waals surface area (Å²) in [6, 6.07) is 0. The Bertz CT molecular complexity index is 100. The molecule has 0 aromatic carbocycles. The molecule has 0 unspecified atom stereocenters. The van der Waals surface area contributed by atoms with Crippen molar-refractivity contribution >= 4 is 7.92 Å². The lowest BCUT2D eigenvalue weighted by atomic mass is 10.5. The molecule has 0 aliphatic rings. The molecule has 0 rings (SSSR count). The molecular formula is C8H15P. The molecule has 0 atom stereocenters. The van der Waals surface area contributed by atoms with Crippen LogP contribution in [0.5, 0.6) is 0 Å². The van der Waals surface area contributed by atoms with Crippen LogP contribution in [0.25, 0.3) is 0 Å². The zero-order valence-corrected chi connectivity index (χ0v) is 7.57. The van der Waals surface area contributed by atoms with Gasteiger partial charge in [0, 0.05) is 0 Å². The molecule has 0 aliphatic heterocycles. The maximum Gasteiger partial charge on any atom is -0.0152 e. The van der Waals surface area contributed by atoms with Gasteiger partial charge >= 0.3 is 0 Å². The van der Waals surface area contributed by atoms with Crippen LogP contribution in [0.2, 0.25) is 0 Å². The average Bonchev–Trinajstić information content (AvgIpc) is 1.64. The molecule has 0 saturated heterocycles. The minimum atomic E-state index is -0.149. The van der Waals surface area contributed by atoms with Gasteiger partial charge in [0.2, 0.25) is 0 Å². The van der Waals surface area contributed by atoms with Gasteiger partial charge in [0.1, 0.15) is 0 Å². The van der Waals surface area contributed by atoms with Crippen LogP contribution in [0.4, 0.5) is 0 Å². The van der Waals surface area contributed by atoms with Gasteiger partial charge in [-0.2, -0.15) is 0 Å². The van der Waals surface area contributed by atoms with E-state index in [0.29, 0.717) is 11.3 Å². The van der Waals surface area contributed by atoms with Crippen LogP contribution in [0.1, 0.15) is 27.7 Å². The average molecular weight is 142 g/mol. The first kappa shape index (κ1) is 8.99. The second-order valence-corrected chi connectivity index (χ2v) is 5.86. The highest BCUT2D eigenvalue weighted by molar-refractivity contribution is 7.64. The van der Waals surface area contributed by atoms with Gasteiger partial charge in [0.05, 0.1) is 0 Å². The fourth-order valence-corrected chi connectivity index (χ4v) is 2.68. The number of rotatable bonds is 2. The Hall–Kier alpha value is -0.0100. The molecule has 0 N–H and O–H groups in total. The van der Waals surface area contributed by atoms with E-state index in [4.69, 9.17) is 6.42 Å². The maximum atomic E-state index is 5.35. The van der Waals surface area contributed by atoms with Gasteiger partial charge in [0.25, 0.3) is 0 Å². The lowest BCUT2D eigenvalue weighted by Crippen LogP contribution is -2.00. The van der Waals surface area contributed by atoms with Crippen molar-refractivity contribution in [1.82, 2.24) is 0 Å². The predicted molar refractivity (Wildman–Crippen MR) is 46.0 cm³/mol. The summed E-state index contributed by atoms with van der Waals surface area (Å²) in [5, 5.41) is 0. The summed E-state index contributed by atoms with van der Waals surface area (Å²) < 4.78 is 0. The first-order valence-electron chi connectivity index (χ1n) is 3.34. The number of hydrogen-bond acceptors (Lipinski definition) is 0. The van der Waals surface area contributed by atoms with Gasteiger partial charge in [-0.3, -0.25) is 0 Å². The SMILES string of the molecule is C#CP(C(C)C)C(C)C. The molecule has 0 spiro atoms. The highest BCUT2D eigenvalue weighted by atomic mass is 31.1. The summed E-state index contributed by atoms with van der Waals surface area (Å²) in [7, 11) is -0.149. The molecule has 0 nitrogen and oxygen atoms in total. The van der Waals surface area contributed by atoms with E-state index >= 15 is 0 Å². The molecule has 0 aliphatic carbocycles. The van der Waals surface area contributed by atoms with Crippen molar-refractivity contribution in [2.24, 2.45) is 0 Å². The van der Waals surface area contributed by atoms with Crippen LogP contribution in [-0.2, 0) is 0 Å². The van der Waals surface area contributed by atoms with E-state index in [0.717, 1.165) is 0 Å². The molecule has 0 saturated carbocycles. The normalized spacial score (nSPS) is 10.9. The zero-order valence-electron chi connectivity index (χ0n) is 6.68. The van der Waals surface area contributed by atoms with E-state index in [2.05, 4.69) is 33.4 Å². The third-order valence-electron chi connectivity index (χ3n) is 1.26. The highest BCUT2D eigenvalue weighted by Crippen LogP contribution is 2.44. The Morgan fingerprint density at radius 2 is 1.44 bits per heavy atom. The molecule has 0 heterocycles. The second-order valence-electron chi connectivity index (χ2n) is 2.72. The molecule has 9 heavy (non-hydrogen) atoms. The Balaban J connectivity index is 3.87. The van der Waals surface area contributed by atoms with Crippen LogP contribution >= 0.6 is 7.92 Å². The third-order valence-corrected chi connectivity index (χ3v) is 3.79. The van der Waals surface area contributed by atoms with Gasteiger partial charge in [0.15, 0.2) is 0 Å². The summed E-state index contributed by atoms with van der Waals surface area (Å²) >= 11 is 0. The fraction of sp³-hybridized carbons (Fsp3) is 0.750. The van der Waals surface area contributed by atoms with Crippen molar-refractivity contribution < 1.29 is 0 Å². The van der Waals surface area contributed by atoms with E-state index in [9.17, 15) is 0 Å². The predicted octanol–water partition coefficient (Wildman–Crippen LogP) is 2.88. The molecule has 0 bridgehead atoms. The van der Waals surface area contributed by atoms with Gasteiger partial charge in [-0.1, -0.05) is 33.4 Å². The van der Waals surface area contributed by atoms with Crippen LogP contribution in [0.3, 0.4) is 0 Å². The smallest absolute Gasteiger partial charge is 0.0152 e. The van der Waals surface area contributed by atoms with Crippen molar-refractivity contribution in [2.45, 2.75) is 39.0 Å². The Kier molecular flexibility index (Phi) is 3.91. The van der Waals surface area contributed by atoms with E-state index in [1.165, 1.54) is 0 Å². The summed E-state index contributed by atoms with van der Waals surface area (Å²) in [4.78, 5) is 0. The molecule has 0 radical (unpaired) electrons. The lowest BCUT2D eigenvalue weighted by molar-refractivity contribution is 1.02. The summed E-state index contributed by atoms with van der Waals surface area (Å²) in [6.45, 7) is 8.80. The first-order chi connectivity index (χ1) is 4.09. The summed E-state index contributed by atoms with van der Waals surface area (Å²) in [5.41, 5.74) is 4.24. The van der Waals surface area contributed by atoms with Crippen molar-refractivity contribution in [2.75, 3.05) is 0 Å². The molecule has 0 aromatic heterocycles. The van der Waals surface area contributed by atoms with Crippen molar-refractivity contribution in [3.05, 3.63) is 0 Å². The van der Waals surface area contributed by atoms with E-state index in [1.54, 1.807) is 0 Å². The Morgan fingerprint density at radius 3 is 1.44 bits per heavy atom. The van der Waals surface area contributed by atoms with Crippen LogP contribution in [0.15, 0.2) is 0 Å². The van der Waals surface area contributed by atoms with Gasteiger partial charge in [-0.05, 0) is 19.2 Å². The minimum absolute atomic E-state index is 0.149. The van der Waals surface area contributed by atoms with Crippen molar-refractivity contribution in [3.63, 3.8) is 0 Å². The van der Waals surface area contributed by atoms with E-state index in [1.807, 2.05) is 0 Å². The number of hydrogen-bond donors (Lipinski definition) is 0. The molecule has 0 aromatic rings. The Labute approximate surface area is 59.8 Å². The fourth-order valence-electron chi connectivity index (χ4n) is 0.894. The molecular weight excluding hydrogens is 127 g/mol. The number of terminal acetylenes is 1. The quantitative estimate of drug-likeness (QED) is 0.411. The first-order valence-corrected chi connectivity index (χ1v) is 4.82. The van der Waals surface area contributed by atoms with Gasteiger partial charge < -0.3 is 0 Å². The maximum absolute atomic E-state index is 5.35. The van der Waals surface area contributed by atoms with Crippen LogP contribution < -0.4 is 0 Å². The molecule has 1 heteroatoms. The second kappa shape index (κ2) is 3.91.